The van der Waals surface area contributed by atoms with Crippen LogP contribution in [0.2, 0.25) is 0 Å². The molecule has 0 aliphatic heterocycles. The highest BCUT2D eigenvalue weighted by molar-refractivity contribution is 5.89. The van der Waals surface area contributed by atoms with Gasteiger partial charge in [-0.25, -0.2) is 4.79 Å². The number of hydrogen-bond acceptors (Lipinski definition) is 5. The Morgan fingerprint density at radius 3 is 2.54 bits per heavy atom. The van der Waals surface area contributed by atoms with Crippen molar-refractivity contribution in [3.05, 3.63) is 60.2 Å². The van der Waals surface area contributed by atoms with Crippen molar-refractivity contribution in [2.75, 3.05) is 6.61 Å². The smallest absolute Gasteiger partial charge is 0.338 e. The van der Waals surface area contributed by atoms with Gasteiger partial charge in [-0.3, -0.25) is 9.59 Å². The summed E-state index contributed by atoms with van der Waals surface area (Å²) in [5.74, 6) is -0.698. The van der Waals surface area contributed by atoms with Crippen LogP contribution in [0.15, 0.2) is 54.6 Å². The Kier molecular flexibility index (Phi) is 9.53. The molecule has 1 aromatic rings. The Hall–Kier alpha value is -2.69. The van der Waals surface area contributed by atoms with Crippen molar-refractivity contribution in [1.82, 2.24) is 0 Å². The van der Waals surface area contributed by atoms with Gasteiger partial charge in [0.2, 0.25) is 0 Å². The van der Waals surface area contributed by atoms with Crippen molar-refractivity contribution < 1.29 is 23.9 Å². The Bertz CT molecular complexity index is 575. The maximum atomic E-state index is 12.1. The molecule has 5 nitrogen and oxygen atoms in total. The second kappa shape index (κ2) is 11.8. The molecule has 0 fully saturated rings. The number of rotatable bonds is 10. The van der Waals surface area contributed by atoms with E-state index < -0.39 is 12.1 Å². The molecule has 0 unspecified atom stereocenters. The van der Waals surface area contributed by atoms with E-state index in [0.717, 1.165) is 0 Å². The van der Waals surface area contributed by atoms with Gasteiger partial charge in [0.25, 0.3) is 0 Å². The minimum absolute atomic E-state index is 0.268. The zero-order valence-corrected chi connectivity index (χ0v) is 13.7. The van der Waals surface area contributed by atoms with E-state index in [1.54, 1.807) is 49.4 Å². The Labute approximate surface area is 142 Å². The molecule has 0 bridgehead atoms. The van der Waals surface area contributed by atoms with Crippen LogP contribution in [0.4, 0.5) is 0 Å². The number of carbonyl (C=O) groups excluding carboxylic acids is 3. The van der Waals surface area contributed by atoms with E-state index in [9.17, 15) is 14.4 Å². The van der Waals surface area contributed by atoms with Gasteiger partial charge in [-0.1, -0.05) is 30.4 Å². The summed E-state index contributed by atoms with van der Waals surface area (Å²) in [5.41, 5.74) is 0.463. The van der Waals surface area contributed by atoms with Gasteiger partial charge in [-0.2, -0.15) is 0 Å². The minimum Gasteiger partial charge on any atom is -0.466 e. The van der Waals surface area contributed by atoms with E-state index in [0.29, 0.717) is 31.3 Å². The number of benzene rings is 1. The lowest BCUT2D eigenvalue weighted by Gasteiger charge is -2.14. The van der Waals surface area contributed by atoms with Gasteiger partial charge in [0.1, 0.15) is 12.4 Å². The summed E-state index contributed by atoms with van der Waals surface area (Å²) in [6, 6.07) is 8.68. The molecule has 0 aromatic heterocycles. The van der Waals surface area contributed by atoms with Gasteiger partial charge >= 0.3 is 11.9 Å². The monoisotopic (exact) mass is 330 g/mol. The normalized spacial score (nSPS) is 12.2. The van der Waals surface area contributed by atoms with Gasteiger partial charge < -0.3 is 9.47 Å². The second-order valence-electron chi connectivity index (χ2n) is 4.91. The maximum Gasteiger partial charge on any atom is 0.338 e. The molecule has 128 valence electrons. The fraction of sp³-hybridized carbons (Fsp3) is 0.316. The first-order valence-corrected chi connectivity index (χ1v) is 7.87. The molecule has 0 heterocycles. The van der Waals surface area contributed by atoms with Crippen LogP contribution in [-0.2, 0) is 19.1 Å². The summed E-state index contributed by atoms with van der Waals surface area (Å²) >= 11 is 0. The van der Waals surface area contributed by atoms with Crippen LogP contribution < -0.4 is 0 Å². The number of hydrogen-bond donors (Lipinski definition) is 0. The third kappa shape index (κ3) is 8.08. The zero-order chi connectivity index (χ0) is 17.6. The molecule has 5 heteroatoms. The molecule has 0 radical (unpaired) electrons. The fourth-order valence-corrected chi connectivity index (χ4v) is 1.95. The molecule has 0 saturated heterocycles. The van der Waals surface area contributed by atoms with Crippen molar-refractivity contribution >= 4 is 18.2 Å². The molecule has 0 aliphatic carbocycles. The molecule has 0 saturated carbocycles. The lowest BCUT2D eigenvalue weighted by atomic mass is 10.1. The van der Waals surface area contributed by atoms with Crippen LogP contribution in [0.25, 0.3) is 0 Å². The average molecular weight is 330 g/mol. The first-order valence-electron chi connectivity index (χ1n) is 7.87. The summed E-state index contributed by atoms with van der Waals surface area (Å²) in [4.78, 5) is 33.8. The van der Waals surface area contributed by atoms with Crippen molar-refractivity contribution in [3.8, 4) is 0 Å². The third-order valence-electron chi connectivity index (χ3n) is 3.07. The maximum absolute atomic E-state index is 12.1. The van der Waals surface area contributed by atoms with Crippen LogP contribution in [0.5, 0.6) is 0 Å². The van der Waals surface area contributed by atoms with E-state index in [1.807, 2.05) is 6.07 Å². The van der Waals surface area contributed by atoms with Crippen molar-refractivity contribution in [1.29, 1.82) is 0 Å². The summed E-state index contributed by atoms with van der Waals surface area (Å²) < 4.78 is 10.3. The summed E-state index contributed by atoms with van der Waals surface area (Å²) in [6.07, 6.45) is 7.70. The molecular weight excluding hydrogens is 308 g/mol. The van der Waals surface area contributed by atoms with Crippen LogP contribution in [0.3, 0.4) is 0 Å². The Morgan fingerprint density at radius 1 is 1.12 bits per heavy atom. The predicted octanol–water partition coefficient (Wildman–Crippen LogP) is 3.26. The standard InChI is InChI=1S/C19H22O5/c1-2-23-18(21)14-9-13-17(12-7-4-8-15-20)24-19(22)16-10-5-3-6-11-16/h3-8,10-12,15,17H,2,9,13-14H2,1H3/b8-4+,12-7+/t17-/m1/s1. The molecule has 0 N–H and O–H groups in total. The van der Waals surface area contributed by atoms with E-state index >= 15 is 0 Å². The van der Waals surface area contributed by atoms with Crippen molar-refractivity contribution in [2.24, 2.45) is 0 Å². The lowest BCUT2D eigenvalue weighted by Crippen LogP contribution is -2.17. The van der Waals surface area contributed by atoms with Gasteiger partial charge in [-0.15, -0.1) is 0 Å². The summed E-state index contributed by atoms with van der Waals surface area (Å²) in [7, 11) is 0. The fourth-order valence-electron chi connectivity index (χ4n) is 1.95. The third-order valence-corrected chi connectivity index (χ3v) is 3.07. The highest BCUT2D eigenvalue weighted by atomic mass is 16.5. The van der Waals surface area contributed by atoms with Gasteiger partial charge in [-0.05, 0) is 44.1 Å². The Balaban J connectivity index is 2.61. The van der Waals surface area contributed by atoms with Crippen LogP contribution in [0, 0.1) is 0 Å². The molecule has 0 spiro atoms. The lowest BCUT2D eigenvalue weighted by molar-refractivity contribution is -0.143. The van der Waals surface area contributed by atoms with Crippen LogP contribution in [-0.4, -0.2) is 30.9 Å². The molecule has 1 atom stereocenters. The van der Waals surface area contributed by atoms with Gasteiger partial charge in [0, 0.05) is 6.42 Å². The highest BCUT2D eigenvalue weighted by Gasteiger charge is 2.14. The quantitative estimate of drug-likeness (QED) is 0.285. The first kappa shape index (κ1) is 19.4. The molecule has 0 amide bonds. The number of esters is 2. The topological polar surface area (TPSA) is 69.7 Å². The summed E-state index contributed by atoms with van der Waals surface area (Å²) in [6.45, 7) is 2.10. The first-order chi connectivity index (χ1) is 11.7. The van der Waals surface area contributed by atoms with Crippen molar-refractivity contribution in [2.45, 2.75) is 32.3 Å². The second-order valence-corrected chi connectivity index (χ2v) is 4.91. The minimum atomic E-state index is -0.483. The van der Waals surface area contributed by atoms with E-state index in [-0.39, 0.29) is 12.4 Å². The average Bonchev–Trinajstić information content (AvgIpc) is 2.59. The van der Waals surface area contributed by atoms with Crippen LogP contribution >= 0.6 is 0 Å². The zero-order valence-electron chi connectivity index (χ0n) is 13.7. The highest BCUT2D eigenvalue weighted by Crippen LogP contribution is 2.11. The number of aldehydes is 1. The molecule has 1 aromatic carbocycles. The van der Waals surface area contributed by atoms with E-state index in [2.05, 4.69) is 0 Å². The summed E-state index contributed by atoms with van der Waals surface area (Å²) in [5, 5.41) is 0. The number of allylic oxidation sites excluding steroid dienone is 3. The number of ether oxygens (including phenoxy) is 2. The number of carbonyl (C=O) groups is 3. The van der Waals surface area contributed by atoms with Gasteiger partial charge in [0.15, 0.2) is 0 Å². The van der Waals surface area contributed by atoms with Crippen LogP contribution in [0.1, 0.15) is 36.5 Å². The van der Waals surface area contributed by atoms with Crippen molar-refractivity contribution in [3.63, 3.8) is 0 Å². The molecule has 24 heavy (non-hydrogen) atoms. The van der Waals surface area contributed by atoms with E-state index in [4.69, 9.17) is 9.47 Å². The van der Waals surface area contributed by atoms with E-state index in [1.165, 1.54) is 6.08 Å². The molecule has 1 rings (SSSR count). The SMILES string of the molecule is CCOC(=O)CCC[C@@H](/C=C/C=C/C=O)OC(=O)c1ccccc1. The van der Waals surface area contributed by atoms with Gasteiger partial charge in [0.05, 0.1) is 12.2 Å². The molecular formula is C19H22O5. The predicted molar refractivity (Wildman–Crippen MR) is 90.5 cm³/mol. The Morgan fingerprint density at radius 2 is 1.88 bits per heavy atom. The molecule has 0 aliphatic rings. The largest absolute Gasteiger partial charge is 0.466 e.